The van der Waals surface area contributed by atoms with Crippen molar-refractivity contribution in [1.82, 2.24) is 5.32 Å². The lowest BCUT2D eigenvalue weighted by molar-refractivity contribution is 0.0915. The third kappa shape index (κ3) is 4.30. The largest absolute Gasteiger partial charge is 0.345 e. The summed E-state index contributed by atoms with van der Waals surface area (Å²) in [4.78, 5) is 12.4. The Morgan fingerprint density at radius 2 is 1.70 bits per heavy atom. The first kappa shape index (κ1) is 17.7. The van der Waals surface area contributed by atoms with E-state index in [4.69, 9.17) is 0 Å². The predicted octanol–water partition coefficient (Wildman–Crippen LogP) is 2.76. The Labute approximate surface area is 136 Å². The first-order chi connectivity index (χ1) is 9.28. The molecule has 0 saturated heterocycles. The second-order valence-corrected chi connectivity index (χ2v) is 7.79. The monoisotopic (exact) mass is 425 g/mol. The number of carbonyl (C=O) groups is 1. The molecule has 1 aromatic carbocycles. The molecule has 0 bridgehead atoms. The van der Waals surface area contributed by atoms with Crippen LogP contribution < -0.4 is 5.32 Å². The molecule has 1 N–H and O–H groups in total. The van der Waals surface area contributed by atoms with Gasteiger partial charge in [0.05, 0.1) is 10.4 Å². The van der Waals surface area contributed by atoms with E-state index < -0.39 is 9.84 Å². The van der Waals surface area contributed by atoms with Crippen molar-refractivity contribution in [2.75, 3.05) is 16.9 Å². The Morgan fingerprint density at radius 1 is 1.20 bits per heavy atom. The van der Waals surface area contributed by atoms with Crippen LogP contribution in [0, 0.1) is 0 Å². The first-order valence-corrected chi connectivity index (χ1v) is 10.2. The number of halogens is 2. The van der Waals surface area contributed by atoms with Crippen molar-refractivity contribution in [1.29, 1.82) is 0 Å². The summed E-state index contributed by atoms with van der Waals surface area (Å²) in [5.74, 6) is -0.217. The molecule has 0 spiro atoms. The second-order valence-electron chi connectivity index (χ2n) is 4.65. The summed E-state index contributed by atoms with van der Waals surface area (Å²) >= 11 is 6.82. The van der Waals surface area contributed by atoms with E-state index in [-0.39, 0.29) is 16.3 Å². The Hall–Kier alpha value is -0.400. The van der Waals surface area contributed by atoms with Crippen molar-refractivity contribution >= 4 is 47.6 Å². The molecule has 0 radical (unpaired) electrons. The Bertz CT molecular complexity index is 558. The van der Waals surface area contributed by atoms with Crippen LogP contribution in [0.1, 0.15) is 23.7 Å². The number of benzene rings is 1. The van der Waals surface area contributed by atoms with Crippen LogP contribution in [0.15, 0.2) is 29.2 Å². The van der Waals surface area contributed by atoms with E-state index in [1.165, 1.54) is 24.3 Å². The lowest BCUT2D eigenvalue weighted by atomic mass is 10.0. The molecule has 1 rings (SSSR count). The van der Waals surface area contributed by atoms with Gasteiger partial charge in [-0.3, -0.25) is 4.79 Å². The van der Waals surface area contributed by atoms with Gasteiger partial charge in [0.15, 0.2) is 9.84 Å². The van der Waals surface area contributed by atoms with Gasteiger partial charge in [0.1, 0.15) is 0 Å². The van der Waals surface area contributed by atoms with Crippen molar-refractivity contribution in [3.05, 3.63) is 29.8 Å². The molecule has 0 aromatic heterocycles. The second kappa shape index (κ2) is 7.04. The zero-order valence-corrected chi connectivity index (χ0v) is 15.3. The fourth-order valence-electron chi connectivity index (χ4n) is 1.55. The molecular weight excluding hydrogens is 410 g/mol. The molecule has 0 saturated carbocycles. The summed E-state index contributed by atoms with van der Waals surface area (Å²) in [6, 6.07) is 5.93. The highest BCUT2D eigenvalue weighted by molar-refractivity contribution is 9.09. The number of carbonyl (C=O) groups excluding carboxylic acids is 1. The summed E-state index contributed by atoms with van der Waals surface area (Å²) in [5.41, 5.74) is 0.0872. The summed E-state index contributed by atoms with van der Waals surface area (Å²) in [5, 5.41) is 4.24. The van der Waals surface area contributed by atoms with Gasteiger partial charge < -0.3 is 5.32 Å². The minimum absolute atomic E-state index is 0.205. The Balaban J connectivity index is 2.94. The van der Waals surface area contributed by atoms with E-state index in [0.717, 1.165) is 12.7 Å². The smallest absolute Gasteiger partial charge is 0.251 e. The van der Waals surface area contributed by atoms with Gasteiger partial charge in [-0.1, -0.05) is 38.8 Å². The van der Waals surface area contributed by atoms with Crippen molar-refractivity contribution in [2.24, 2.45) is 0 Å². The van der Waals surface area contributed by atoms with Gasteiger partial charge in [0.25, 0.3) is 5.91 Å². The van der Waals surface area contributed by atoms with Crippen LogP contribution in [0.4, 0.5) is 0 Å². The lowest BCUT2D eigenvalue weighted by Crippen LogP contribution is -2.51. The molecule has 0 fully saturated rings. The fraction of sp³-hybridized carbons (Fsp3) is 0.462. The van der Waals surface area contributed by atoms with E-state index in [1.54, 1.807) is 0 Å². The van der Waals surface area contributed by atoms with E-state index >= 15 is 0 Å². The molecule has 0 heterocycles. The van der Waals surface area contributed by atoms with Crippen LogP contribution in [-0.4, -0.2) is 36.8 Å². The van der Waals surface area contributed by atoms with E-state index in [1.807, 2.05) is 6.92 Å². The van der Waals surface area contributed by atoms with Crippen LogP contribution in [0.5, 0.6) is 0 Å². The van der Waals surface area contributed by atoms with Gasteiger partial charge >= 0.3 is 0 Å². The van der Waals surface area contributed by atoms with E-state index in [9.17, 15) is 13.2 Å². The van der Waals surface area contributed by atoms with Gasteiger partial charge in [-0.2, -0.15) is 0 Å². The van der Waals surface area contributed by atoms with Gasteiger partial charge in [0.2, 0.25) is 0 Å². The highest BCUT2D eigenvalue weighted by atomic mass is 79.9. The summed E-state index contributed by atoms with van der Waals surface area (Å²) < 4.78 is 22.7. The third-order valence-corrected chi connectivity index (χ3v) is 6.39. The van der Waals surface area contributed by atoms with E-state index in [2.05, 4.69) is 37.2 Å². The summed E-state index contributed by atoms with van der Waals surface area (Å²) in [7, 11) is -3.24. The topological polar surface area (TPSA) is 63.2 Å². The van der Waals surface area contributed by atoms with Crippen LogP contribution >= 0.6 is 31.9 Å². The molecule has 0 unspecified atom stereocenters. The van der Waals surface area contributed by atoms with Crippen LogP contribution in [0.3, 0.4) is 0 Å². The number of hydrogen-bond donors (Lipinski definition) is 1. The zero-order chi connectivity index (χ0) is 15.4. The minimum atomic E-state index is -3.24. The molecule has 0 aliphatic carbocycles. The van der Waals surface area contributed by atoms with Crippen LogP contribution in [0.25, 0.3) is 0 Å². The Morgan fingerprint density at radius 3 is 2.05 bits per heavy atom. The lowest BCUT2D eigenvalue weighted by Gasteiger charge is -2.30. The maximum atomic E-state index is 12.2. The number of alkyl halides is 2. The van der Waals surface area contributed by atoms with Gasteiger partial charge in [-0.15, -0.1) is 0 Å². The average molecular weight is 427 g/mol. The maximum absolute atomic E-state index is 12.2. The molecule has 1 aromatic rings. The molecule has 0 aliphatic heterocycles. The fourth-order valence-corrected chi connectivity index (χ4v) is 4.18. The molecule has 0 aliphatic rings. The number of rotatable bonds is 6. The van der Waals surface area contributed by atoms with Crippen LogP contribution in [0.2, 0.25) is 0 Å². The number of sulfone groups is 1. The van der Waals surface area contributed by atoms with Crippen molar-refractivity contribution in [2.45, 2.75) is 23.8 Å². The predicted molar refractivity (Wildman–Crippen MR) is 87.6 cm³/mol. The summed E-state index contributed by atoms with van der Waals surface area (Å²) in [6.07, 6.45) is 1.91. The normalized spacial score (nSPS) is 12.2. The van der Waals surface area contributed by atoms with Crippen LogP contribution in [-0.2, 0) is 9.84 Å². The molecule has 0 atom stereocenters. The van der Waals surface area contributed by atoms with Crippen molar-refractivity contribution in [3.8, 4) is 0 Å². The summed E-state index contributed by atoms with van der Waals surface area (Å²) in [6.45, 7) is 2.00. The number of nitrogens with one attached hydrogen (secondary N) is 1. The first-order valence-electron chi connectivity index (χ1n) is 6.02. The van der Waals surface area contributed by atoms with Gasteiger partial charge in [0, 0.05) is 22.5 Å². The molecule has 112 valence electrons. The highest BCUT2D eigenvalue weighted by Gasteiger charge is 2.28. The SMILES string of the molecule is CCC(CBr)(CBr)NC(=O)c1ccc(S(C)(=O)=O)cc1. The van der Waals surface area contributed by atoms with Gasteiger partial charge in [-0.05, 0) is 30.7 Å². The zero-order valence-electron chi connectivity index (χ0n) is 11.3. The standard InChI is InChI=1S/C13H17Br2NO3S/c1-3-13(8-14,9-15)16-12(17)10-4-6-11(7-5-10)20(2,18)19/h4-7H,3,8-9H2,1-2H3,(H,16,17). The molecular formula is C13H17Br2NO3S. The molecule has 20 heavy (non-hydrogen) atoms. The number of amides is 1. The number of hydrogen-bond acceptors (Lipinski definition) is 3. The quantitative estimate of drug-likeness (QED) is 0.711. The molecule has 1 amide bonds. The van der Waals surface area contributed by atoms with Gasteiger partial charge in [-0.25, -0.2) is 8.42 Å². The van der Waals surface area contributed by atoms with E-state index in [0.29, 0.717) is 16.2 Å². The maximum Gasteiger partial charge on any atom is 0.251 e. The highest BCUT2D eigenvalue weighted by Crippen LogP contribution is 2.18. The molecule has 4 nitrogen and oxygen atoms in total. The van der Waals surface area contributed by atoms with Crippen molar-refractivity contribution in [3.63, 3.8) is 0 Å². The van der Waals surface area contributed by atoms with Crippen molar-refractivity contribution < 1.29 is 13.2 Å². The Kier molecular flexibility index (Phi) is 6.22. The third-order valence-electron chi connectivity index (χ3n) is 3.11. The molecule has 7 heteroatoms. The minimum Gasteiger partial charge on any atom is -0.345 e. The average Bonchev–Trinajstić information content (AvgIpc) is 2.44.